The average molecular weight is 529 g/mol. The van der Waals surface area contributed by atoms with E-state index in [-0.39, 0.29) is 23.7 Å². The van der Waals surface area contributed by atoms with Gasteiger partial charge in [0, 0.05) is 57.4 Å². The highest BCUT2D eigenvalue weighted by Crippen LogP contribution is 2.28. The van der Waals surface area contributed by atoms with Gasteiger partial charge in [0.2, 0.25) is 5.91 Å². The van der Waals surface area contributed by atoms with E-state index in [1.54, 1.807) is 4.90 Å². The van der Waals surface area contributed by atoms with Crippen LogP contribution < -0.4 is 5.32 Å². The average Bonchev–Trinajstić information content (AvgIpc) is 3.42. The Bertz CT molecular complexity index is 1260. The van der Waals surface area contributed by atoms with Crippen molar-refractivity contribution >= 4 is 11.8 Å². The summed E-state index contributed by atoms with van der Waals surface area (Å²) in [5, 5.41) is 3.30. The molecule has 0 bridgehead atoms. The third kappa shape index (κ3) is 6.54. The number of carbonyl (C=O) groups is 2. The summed E-state index contributed by atoms with van der Waals surface area (Å²) in [6.45, 7) is 6.93. The number of rotatable bonds is 8. The second-order valence-electron chi connectivity index (χ2n) is 10.6. The van der Waals surface area contributed by atoms with Crippen LogP contribution >= 0.6 is 0 Å². The van der Waals surface area contributed by atoms with Crippen LogP contribution in [0.5, 0.6) is 0 Å². The minimum atomic E-state index is -0.540. The molecule has 2 fully saturated rings. The Morgan fingerprint density at radius 3 is 2.36 bits per heavy atom. The van der Waals surface area contributed by atoms with Crippen molar-refractivity contribution < 1.29 is 14.0 Å². The minimum Gasteiger partial charge on any atom is -0.338 e. The summed E-state index contributed by atoms with van der Waals surface area (Å²) >= 11 is 0. The SMILES string of the molecule is Cc1ccccc1CN(CCc1ccccc1)C1CC(C(=O)N2CCNCC2)N(C(=O)c2ccc(F)cc2)C1. The molecule has 39 heavy (non-hydrogen) atoms. The lowest BCUT2D eigenvalue weighted by Crippen LogP contribution is -2.53. The number of aryl methyl sites for hydroxylation is 1. The highest BCUT2D eigenvalue weighted by atomic mass is 19.1. The maximum Gasteiger partial charge on any atom is 0.254 e. The third-order valence-electron chi connectivity index (χ3n) is 8.03. The number of piperazine rings is 1. The van der Waals surface area contributed by atoms with Crippen LogP contribution in [0.1, 0.15) is 33.5 Å². The standard InChI is InChI=1S/C32H37FN4O2/c1-24-7-5-6-10-27(24)22-36(18-15-25-8-3-2-4-9-25)29-21-30(32(39)35-19-16-34-17-20-35)37(23-29)31(38)26-11-13-28(33)14-12-26/h2-14,29-30,34H,15-23H2,1H3. The maximum atomic E-state index is 13.8. The first-order valence-electron chi connectivity index (χ1n) is 13.9. The summed E-state index contributed by atoms with van der Waals surface area (Å²) in [6.07, 6.45) is 1.46. The first-order valence-corrected chi connectivity index (χ1v) is 13.9. The molecule has 0 aliphatic carbocycles. The molecule has 2 saturated heterocycles. The first kappa shape index (κ1) is 27.0. The zero-order valence-corrected chi connectivity index (χ0v) is 22.6. The predicted octanol–water partition coefficient (Wildman–Crippen LogP) is 3.89. The van der Waals surface area contributed by atoms with E-state index in [0.717, 1.165) is 32.6 Å². The minimum absolute atomic E-state index is 0.00774. The predicted molar refractivity (Wildman–Crippen MR) is 151 cm³/mol. The fourth-order valence-electron chi connectivity index (χ4n) is 5.71. The number of nitrogens with zero attached hydrogens (tertiary/aromatic N) is 3. The number of hydrogen-bond donors (Lipinski definition) is 1. The number of amides is 2. The van der Waals surface area contributed by atoms with E-state index < -0.39 is 6.04 Å². The zero-order chi connectivity index (χ0) is 27.2. The van der Waals surface area contributed by atoms with E-state index in [0.29, 0.717) is 31.6 Å². The molecule has 2 atom stereocenters. The van der Waals surface area contributed by atoms with Crippen molar-refractivity contribution in [2.75, 3.05) is 39.3 Å². The number of likely N-dealkylation sites (tertiary alicyclic amines) is 1. The Morgan fingerprint density at radius 1 is 0.949 bits per heavy atom. The van der Waals surface area contributed by atoms with Crippen molar-refractivity contribution in [3.8, 4) is 0 Å². The topological polar surface area (TPSA) is 55.9 Å². The maximum absolute atomic E-state index is 13.8. The number of hydrogen-bond acceptors (Lipinski definition) is 4. The number of carbonyl (C=O) groups excluding carboxylic acids is 2. The first-order chi connectivity index (χ1) is 19.0. The van der Waals surface area contributed by atoms with Gasteiger partial charge in [-0.25, -0.2) is 4.39 Å². The van der Waals surface area contributed by atoms with Gasteiger partial charge in [-0.1, -0.05) is 54.6 Å². The van der Waals surface area contributed by atoms with E-state index in [4.69, 9.17) is 0 Å². The van der Waals surface area contributed by atoms with Gasteiger partial charge in [0.25, 0.3) is 5.91 Å². The van der Waals surface area contributed by atoms with E-state index >= 15 is 0 Å². The summed E-state index contributed by atoms with van der Waals surface area (Å²) < 4.78 is 13.6. The molecule has 0 saturated carbocycles. The van der Waals surface area contributed by atoms with Crippen LogP contribution in [-0.4, -0.2) is 77.9 Å². The van der Waals surface area contributed by atoms with Gasteiger partial charge in [0.05, 0.1) is 0 Å². The van der Waals surface area contributed by atoms with E-state index in [1.165, 1.54) is 41.0 Å². The fourth-order valence-corrected chi connectivity index (χ4v) is 5.71. The van der Waals surface area contributed by atoms with E-state index in [1.807, 2.05) is 17.0 Å². The monoisotopic (exact) mass is 528 g/mol. The van der Waals surface area contributed by atoms with Crippen molar-refractivity contribution in [1.82, 2.24) is 20.0 Å². The van der Waals surface area contributed by atoms with Gasteiger partial charge in [-0.15, -0.1) is 0 Å². The highest BCUT2D eigenvalue weighted by Gasteiger charge is 2.43. The van der Waals surface area contributed by atoms with Gasteiger partial charge < -0.3 is 15.1 Å². The number of benzene rings is 3. The molecule has 2 aliphatic heterocycles. The van der Waals surface area contributed by atoms with Gasteiger partial charge in [0.15, 0.2) is 0 Å². The quantitative estimate of drug-likeness (QED) is 0.482. The van der Waals surface area contributed by atoms with E-state index in [9.17, 15) is 14.0 Å². The van der Waals surface area contributed by atoms with Crippen LogP contribution in [0.15, 0.2) is 78.9 Å². The Kier molecular flexibility index (Phi) is 8.69. The van der Waals surface area contributed by atoms with Crippen molar-refractivity contribution in [2.45, 2.75) is 38.4 Å². The molecule has 2 aliphatic rings. The molecule has 5 rings (SSSR count). The summed E-state index contributed by atoms with van der Waals surface area (Å²) in [5.74, 6) is -0.595. The van der Waals surface area contributed by atoms with Gasteiger partial charge in [0.1, 0.15) is 11.9 Å². The molecule has 2 amide bonds. The Balaban J connectivity index is 1.42. The van der Waals surface area contributed by atoms with Gasteiger partial charge in [-0.3, -0.25) is 14.5 Å². The van der Waals surface area contributed by atoms with Crippen molar-refractivity contribution in [3.05, 3.63) is 107 Å². The normalized spacial score (nSPS) is 19.5. The molecular weight excluding hydrogens is 491 g/mol. The summed E-state index contributed by atoms with van der Waals surface area (Å²) in [7, 11) is 0. The van der Waals surface area contributed by atoms with Crippen LogP contribution in [0.2, 0.25) is 0 Å². The molecule has 3 aromatic rings. The Hall–Kier alpha value is -3.55. The van der Waals surface area contributed by atoms with Crippen LogP contribution in [0, 0.1) is 12.7 Å². The van der Waals surface area contributed by atoms with Crippen molar-refractivity contribution in [1.29, 1.82) is 0 Å². The van der Waals surface area contributed by atoms with Crippen molar-refractivity contribution in [2.24, 2.45) is 0 Å². The van der Waals surface area contributed by atoms with Gasteiger partial charge in [-0.2, -0.15) is 0 Å². The van der Waals surface area contributed by atoms with Crippen LogP contribution in [-0.2, 0) is 17.8 Å². The smallest absolute Gasteiger partial charge is 0.254 e. The molecule has 3 aromatic carbocycles. The molecule has 0 radical (unpaired) electrons. The molecule has 7 heteroatoms. The lowest BCUT2D eigenvalue weighted by Gasteiger charge is -2.32. The number of nitrogens with one attached hydrogen (secondary N) is 1. The Labute approximate surface area is 230 Å². The Morgan fingerprint density at radius 2 is 1.64 bits per heavy atom. The molecule has 0 aromatic heterocycles. The fraction of sp³-hybridized carbons (Fsp3) is 0.375. The molecule has 0 spiro atoms. The van der Waals surface area contributed by atoms with Crippen LogP contribution in [0.3, 0.4) is 0 Å². The summed E-state index contributed by atoms with van der Waals surface area (Å²) in [4.78, 5) is 33.6. The largest absolute Gasteiger partial charge is 0.338 e. The summed E-state index contributed by atoms with van der Waals surface area (Å²) in [5.41, 5.74) is 4.15. The molecular formula is C32H37FN4O2. The lowest BCUT2D eigenvalue weighted by molar-refractivity contribution is -0.135. The molecule has 6 nitrogen and oxygen atoms in total. The molecule has 1 N–H and O–H groups in total. The van der Waals surface area contributed by atoms with E-state index in [2.05, 4.69) is 59.6 Å². The lowest BCUT2D eigenvalue weighted by atomic mass is 10.0. The third-order valence-corrected chi connectivity index (χ3v) is 8.03. The van der Waals surface area contributed by atoms with Crippen molar-refractivity contribution in [3.63, 3.8) is 0 Å². The highest BCUT2D eigenvalue weighted by molar-refractivity contribution is 5.98. The van der Waals surface area contributed by atoms with Gasteiger partial charge in [-0.05, 0) is 60.7 Å². The van der Waals surface area contributed by atoms with Crippen LogP contribution in [0.4, 0.5) is 4.39 Å². The molecule has 2 heterocycles. The second-order valence-corrected chi connectivity index (χ2v) is 10.6. The molecule has 2 unspecified atom stereocenters. The zero-order valence-electron chi connectivity index (χ0n) is 22.6. The van der Waals surface area contributed by atoms with Gasteiger partial charge >= 0.3 is 0 Å². The van der Waals surface area contributed by atoms with Crippen LogP contribution in [0.25, 0.3) is 0 Å². The molecule has 204 valence electrons. The number of halogens is 1. The summed E-state index contributed by atoms with van der Waals surface area (Å²) in [6, 6.07) is 23.9. The second kappa shape index (κ2) is 12.5.